The third-order valence-corrected chi connectivity index (χ3v) is 7.09. The third-order valence-electron chi connectivity index (χ3n) is 7.09. The Bertz CT molecular complexity index is 1130. The summed E-state index contributed by atoms with van der Waals surface area (Å²) in [6, 6.07) is 10.9. The van der Waals surface area contributed by atoms with Crippen LogP contribution in [0.5, 0.6) is 23.0 Å². The minimum atomic E-state index is -0.163. The molecule has 2 aromatic rings. The number of hydrogen-bond acceptors (Lipinski definition) is 6. The minimum absolute atomic E-state index is 0.0315. The van der Waals surface area contributed by atoms with Gasteiger partial charge in [-0.15, -0.1) is 0 Å². The molecular formula is C30H35NO6. The van der Waals surface area contributed by atoms with E-state index in [0.717, 1.165) is 36.8 Å². The first-order valence-electron chi connectivity index (χ1n) is 12.7. The Hall–Kier alpha value is -3.74. The van der Waals surface area contributed by atoms with Crippen LogP contribution in [-0.4, -0.2) is 46.2 Å². The quantitative estimate of drug-likeness (QED) is 0.495. The molecule has 7 nitrogen and oxygen atoms in total. The smallest absolute Gasteiger partial charge is 0.223 e. The van der Waals surface area contributed by atoms with E-state index in [1.807, 2.05) is 48.6 Å². The van der Waals surface area contributed by atoms with Crippen LogP contribution in [0.4, 0.5) is 0 Å². The first-order chi connectivity index (χ1) is 17.9. The van der Waals surface area contributed by atoms with Crippen LogP contribution >= 0.6 is 0 Å². The molecule has 0 heterocycles. The van der Waals surface area contributed by atoms with Crippen molar-refractivity contribution in [3.63, 3.8) is 0 Å². The SMILES string of the molecule is COc1ccc(/C=C2\CC(NC(=O)C3CCCC3)C/C(=C\c3ccc(OC)c(OC)c3)C2=O)cc1OC. The summed E-state index contributed by atoms with van der Waals surface area (Å²) in [5.41, 5.74) is 2.94. The maximum Gasteiger partial charge on any atom is 0.223 e. The molecule has 4 rings (SSSR count). The Morgan fingerprint density at radius 1 is 0.757 bits per heavy atom. The largest absolute Gasteiger partial charge is 0.493 e. The Morgan fingerprint density at radius 2 is 1.22 bits per heavy atom. The van der Waals surface area contributed by atoms with Crippen LogP contribution in [-0.2, 0) is 9.59 Å². The van der Waals surface area contributed by atoms with Crippen molar-refractivity contribution >= 4 is 23.8 Å². The lowest BCUT2D eigenvalue weighted by Gasteiger charge is -2.28. The van der Waals surface area contributed by atoms with Crippen LogP contribution in [0, 0.1) is 5.92 Å². The zero-order valence-electron chi connectivity index (χ0n) is 22.0. The topological polar surface area (TPSA) is 83.1 Å². The van der Waals surface area contributed by atoms with Gasteiger partial charge in [0, 0.05) is 23.1 Å². The van der Waals surface area contributed by atoms with Gasteiger partial charge in [-0.25, -0.2) is 0 Å². The van der Waals surface area contributed by atoms with E-state index in [4.69, 9.17) is 18.9 Å². The lowest BCUT2D eigenvalue weighted by atomic mass is 9.83. The van der Waals surface area contributed by atoms with Crippen molar-refractivity contribution in [1.82, 2.24) is 5.32 Å². The molecule has 0 spiro atoms. The van der Waals surface area contributed by atoms with Crippen molar-refractivity contribution in [1.29, 1.82) is 0 Å². The highest BCUT2D eigenvalue weighted by atomic mass is 16.5. The molecule has 196 valence electrons. The predicted octanol–water partition coefficient (Wildman–Crippen LogP) is 5.23. The summed E-state index contributed by atoms with van der Waals surface area (Å²) >= 11 is 0. The van der Waals surface area contributed by atoms with Crippen molar-refractivity contribution < 1.29 is 28.5 Å². The first-order valence-corrected chi connectivity index (χ1v) is 12.7. The van der Waals surface area contributed by atoms with E-state index in [1.54, 1.807) is 28.4 Å². The molecule has 0 unspecified atom stereocenters. The van der Waals surface area contributed by atoms with Gasteiger partial charge in [-0.1, -0.05) is 25.0 Å². The van der Waals surface area contributed by atoms with Gasteiger partial charge in [0.2, 0.25) is 5.91 Å². The molecular weight excluding hydrogens is 470 g/mol. The number of benzene rings is 2. The number of hydrogen-bond donors (Lipinski definition) is 1. The predicted molar refractivity (Wildman–Crippen MR) is 143 cm³/mol. The second-order valence-corrected chi connectivity index (χ2v) is 9.49. The normalized spacial score (nSPS) is 20.2. The highest BCUT2D eigenvalue weighted by molar-refractivity contribution is 6.14. The van der Waals surface area contributed by atoms with Gasteiger partial charge in [-0.3, -0.25) is 9.59 Å². The van der Waals surface area contributed by atoms with Gasteiger partial charge in [-0.2, -0.15) is 0 Å². The van der Waals surface area contributed by atoms with Crippen molar-refractivity contribution in [2.24, 2.45) is 5.92 Å². The summed E-state index contributed by atoms with van der Waals surface area (Å²) in [6.07, 6.45) is 8.73. The lowest BCUT2D eigenvalue weighted by Crippen LogP contribution is -2.41. The summed E-state index contributed by atoms with van der Waals surface area (Å²) in [5.74, 6) is 2.54. The van der Waals surface area contributed by atoms with Gasteiger partial charge in [0.25, 0.3) is 0 Å². The summed E-state index contributed by atoms with van der Waals surface area (Å²) in [5, 5.41) is 3.23. The summed E-state index contributed by atoms with van der Waals surface area (Å²) in [4.78, 5) is 26.6. The zero-order chi connectivity index (χ0) is 26.4. The van der Waals surface area contributed by atoms with Gasteiger partial charge in [0.15, 0.2) is 28.8 Å². The molecule has 0 radical (unpaired) electrons. The monoisotopic (exact) mass is 505 g/mol. The van der Waals surface area contributed by atoms with Gasteiger partial charge < -0.3 is 24.3 Å². The van der Waals surface area contributed by atoms with E-state index in [1.165, 1.54) is 0 Å². The highest BCUT2D eigenvalue weighted by Gasteiger charge is 2.31. The van der Waals surface area contributed by atoms with Crippen molar-refractivity contribution in [2.45, 2.75) is 44.6 Å². The number of ether oxygens (including phenoxy) is 4. The molecule has 0 saturated heterocycles. The van der Waals surface area contributed by atoms with E-state index < -0.39 is 0 Å². The molecule has 37 heavy (non-hydrogen) atoms. The Labute approximate surface area is 218 Å². The van der Waals surface area contributed by atoms with Crippen molar-refractivity contribution in [2.75, 3.05) is 28.4 Å². The fourth-order valence-corrected chi connectivity index (χ4v) is 5.14. The fraction of sp³-hybridized carbons (Fsp3) is 0.400. The zero-order valence-corrected chi connectivity index (χ0v) is 22.0. The van der Waals surface area contributed by atoms with Gasteiger partial charge in [-0.05, 0) is 73.2 Å². The number of ketones is 1. The average molecular weight is 506 g/mol. The van der Waals surface area contributed by atoms with Gasteiger partial charge in [0.05, 0.1) is 28.4 Å². The maximum absolute atomic E-state index is 13.6. The second kappa shape index (κ2) is 12.0. The summed E-state index contributed by atoms with van der Waals surface area (Å²) in [6.45, 7) is 0. The number of carbonyl (C=O) groups is 2. The van der Waals surface area contributed by atoms with Crippen LogP contribution in [0.15, 0.2) is 47.5 Å². The molecule has 2 aliphatic carbocycles. The van der Waals surface area contributed by atoms with Gasteiger partial charge >= 0.3 is 0 Å². The van der Waals surface area contributed by atoms with Crippen LogP contribution < -0.4 is 24.3 Å². The van der Waals surface area contributed by atoms with Crippen LogP contribution in [0.2, 0.25) is 0 Å². The molecule has 0 atom stereocenters. The molecule has 1 amide bonds. The van der Waals surface area contributed by atoms with E-state index >= 15 is 0 Å². The summed E-state index contributed by atoms with van der Waals surface area (Å²) in [7, 11) is 6.34. The van der Waals surface area contributed by atoms with Crippen LogP contribution in [0.3, 0.4) is 0 Å². The first kappa shape index (κ1) is 26.3. The molecule has 1 N–H and O–H groups in total. The number of methoxy groups -OCH3 is 4. The summed E-state index contributed by atoms with van der Waals surface area (Å²) < 4.78 is 21.6. The standard InChI is InChI=1S/C30H35NO6/c1-34-25-11-9-19(15-27(25)36-3)13-22-17-24(31-30(33)21-7-5-6-8-21)18-23(29(22)32)14-20-10-12-26(35-2)28(16-20)37-4/h9-16,21,24H,5-8,17-18H2,1-4H3,(H,31,33)/b22-13+,23-14+. The Morgan fingerprint density at radius 3 is 1.65 bits per heavy atom. The molecule has 2 aromatic carbocycles. The van der Waals surface area contributed by atoms with Gasteiger partial charge in [0.1, 0.15) is 0 Å². The van der Waals surface area contributed by atoms with Crippen LogP contribution in [0.1, 0.15) is 49.7 Å². The number of nitrogens with one attached hydrogen (secondary N) is 1. The second-order valence-electron chi connectivity index (χ2n) is 9.49. The fourth-order valence-electron chi connectivity index (χ4n) is 5.14. The minimum Gasteiger partial charge on any atom is -0.493 e. The van der Waals surface area contributed by atoms with E-state index in [2.05, 4.69) is 5.32 Å². The molecule has 2 fully saturated rings. The Balaban J connectivity index is 1.67. The van der Waals surface area contributed by atoms with E-state index in [9.17, 15) is 9.59 Å². The molecule has 2 saturated carbocycles. The number of amides is 1. The highest BCUT2D eigenvalue weighted by Crippen LogP contribution is 2.34. The maximum atomic E-state index is 13.6. The molecule has 0 bridgehead atoms. The molecule has 2 aliphatic rings. The van der Waals surface area contributed by atoms with E-state index in [0.29, 0.717) is 47.0 Å². The molecule has 0 aliphatic heterocycles. The van der Waals surface area contributed by atoms with Crippen molar-refractivity contribution in [3.05, 3.63) is 58.7 Å². The van der Waals surface area contributed by atoms with E-state index in [-0.39, 0.29) is 23.7 Å². The molecule has 0 aromatic heterocycles. The van der Waals surface area contributed by atoms with Crippen molar-refractivity contribution in [3.8, 4) is 23.0 Å². The molecule has 7 heteroatoms. The number of carbonyl (C=O) groups excluding carboxylic acids is 2. The Kier molecular flexibility index (Phi) is 8.54. The average Bonchev–Trinajstić information content (AvgIpc) is 3.46. The van der Waals surface area contributed by atoms with Crippen LogP contribution in [0.25, 0.3) is 12.2 Å². The lowest BCUT2D eigenvalue weighted by molar-refractivity contribution is -0.126. The number of Topliss-reactive ketones (excluding diaryl/α,β-unsaturated/α-hetero) is 1. The third kappa shape index (κ3) is 6.16. The number of rotatable bonds is 8.